The van der Waals surface area contributed by atoms with Crippen molar-refractivity contribution in [3.63, 3.8) is 0 Å². The van der Waals surface area contributed by atoms with Crippen LogP contribution in [0.1, 0.15) is 11.1 Å². The van der Waals surface area contributed by atoms with Crippen LogP contribution in [0.2, 0.25) is 0 Å². The second-order valence-electron chi connectivity index (χ2n) is 3.00. The van der Waals surface area contributed by atoms with Crippen LogP contribution in [-0.2, 0) is 11.3 Å². The lowest BCUT2D eigenvalue weighted by molar-refractivity contribution is -0.137. The van der Waals surface area contributed by atoms with E-state index < -0.39 is 5.97 Å². The number of rotatable bonds is 2. The molecule has 0 aromatic carbocycles. The van der Waals surface area contributed by atoms with Crippen LogP contribution in [0.5, 0.6) is 0 Å². The maximum atomic E-state index is 11.2. The number of hydrogen-bond donors (Lipinski definition) is 1. The number of aryl methyl sites for hydroxylation is 2. The molecule has 1 aromatic rings. The minimum Gasteiger partial charge on any atom is -0.480 e. The summed E-state index contributed by atoms with van der Waals surface area (Å²) in [5.41, 5.74) is 1.53. The molecule has 1 rings (SSSR count). The highest BCUT2D eigenvalue weighted by Crippen LogP contribution is 2.00. The van der Waals surface area contributed by atoms with E-state index in [-0.39, 0.29) is 12.1 Å². The summed E-state index contributed by atoms with van der Waals surface area (Å²) in [5.74, 6) is -1.01. The van der Waals surface area contributed by atoms with E-state index in [1.165, 1.54) is 10.6 Å². The first kappa shape index (κ1) is 9.51. The Morgan fingerprint density at radius 1 is 1.46 bits per heavy atom. The number of hydrogen-bond acceptors (Lipinski definition) is 2. The highest BCUT2D eigenvalue weighted by atomic mass is 16.4. The van der Waals surface area contributed by atoms with E-state index >= 15 is 0 Å². The molecule has 0 spiro atoms. The molecule has 0 aliphatic carbocycles. The predicted molar refractivity (Wildman–Crippen MR) is 47.8 cm³/mol. The molecule has 4 nitrogen and oxygen atoms in total. The summed E-state index contributed by atoms with van der Waals surface area (Å²) in [7, 11) is 0. The largest absolute Gasteiger partial charge is 0.480 e. The molecular weight excluding hydrogens is 170 g/mol. The fraction of sp³-hybridized carbons (Fsp3) is 0.333. The lowest BCUT2D eigenvalue weighted by Crippen LogP contribution is -2.23. The van der Waals surface area contributed by atoms with Crippen LogP contribution < -0.4 is 5.56 Å². The van der Waals surface area contributed by atoms with Gasteiger partial charge in [0.25, 0.3) is 5.56 Å². The molecule has 4 heteroatoms. The standard InChI is InChI=1S/C9H11NO3/c1-6-3-8(11)10(4-7(6)2)5-9(12)13/h3-4H,5H2,1-2H3,(H,12,13). The first-order valence-electron chi connectivity index (χ1n) is 3.90. The van der Waals surface area contributed by atoms with Gasteiger partial charge in [0.15, 0.2) is 0 Å². The van der Waals surface area contributed by atoms with Crippen molar-refractivity contribution in [1.82, 2.24) is 4.57 Å². The Hall–Kier alpha value is -1.58. The lowest BCUT2D eigenvalue weighted by Gasteiger charge is -2.04. The van der Waals surface area contributed by atoms with Crippen LogP contribution in [0.15, 0.2) is 17.1 Å². The molecule has 13 heavy (non-hydrogen) atoms. The molecule has 0 unspecified atom stereocenters. The van der Waals surface area contributed by atoms with Crippen molar-refractivity contribution in [3.8, 4) is 0 Å². The SMILES string of the molecule is Cc1cc(=O)n(CC(=O)O)cc1C. The molecule has 70 valence electrons. The van der Waals surface area contributed by atoms with Gasteiger partial charge in [0.05, 0.1) is 0 Å². The average Bonchev–Trinajstić information content (AvgIpc) is 1.99. The first-order chi connectivity index (χ1) is 6.00. The molecule has 0 amide bonds. The second-order valence-corrected chi connectivity index (χ2v) is 3.00. The molecule has 1 aromatic heterocycles. The van der Waals surface area contributed by atoms with Crippen molar-refractivity contribution in [3.05, 3.63) is 33.7 Å². The van der Waals surface area contributed by atoms with Gasteiger partial charge in [0.1, 0.15) is 6.54 Å². The molecule has 0 aliphatic heterocycles. The third-order valence-electron chi connectivity index (χ3n) is 1.90. The number of nitrogens with zero attached hydrogens (tertiary/aromatic N) is 1. The van der Waals surface area contributed by atoms with E-state index in [9.17, 15) is 9.59 Å². The molecule has 0 saturated heterocycles. The van der Waals surface area contributed by atoms with E-state index in [2.05, 4.69) is 0 Å². The van der Waals surface area contributed by atoms with Crippen molar-refractivity contribution in [1.29, 1.82) is 0 Å². The molecule has 1 N–H and O–H groups in total. The Kier molecular flexibility index (Phi) is 2.51. The van der Waals surface area contributed by atoms with Gasteiger partial charge in [0, 0.05) is 12.3 Å². The van der Waals surface area contributed by atoms with Crippen molar-refractivity contribution in [2.45, 2.75) is 20.4 Å². The van der Waals surface area contributed by atoms with Gasteiger partial charge in [-0.3, -0.25) is 9.59 Å². The van der Waals surface area contributed by atoms with Gasteiger partial charge in [-0.15, -0.1) is 0 Å². The van der Waals surface area contributed by atoms with Crippen LogP contribution in [0, 0.1) is 13.8 Å². The molecular formula is C9H11NO3. The zero-order valence-electron chi connectivity index (χ0n) is 7.57. The van der Waals surface area contributed by atoms with Crippen LogP contribution in [0.4, 0.5) is 0 Å². The van der Waals surface area contributed by atoms with Gasteiger partial charge in [-0.2, -0.15) is 0 Å². The Bertz CT molecular complexity index is 392. The summed E-state index contributed by atoms with van der Waals surface area (Å²) in [6.45, 7) is 3.38. The van der Waals surface area contributed by atoms with Crippen LogP contribution in [0.25, 0.3) is 0 Å². The number of aromatic nitrogens is 1. The molecule has 0 bridgehead atoms. The van der Waals surface area contributed by atoms with E-state index in [1.807, 2.05) is 13.8 Å². The van der Waals surface area contributed by atoms with Gasteiger partial charge in [-0.25, -0.2) is 0 Å². The van der Waals surface area contributed by atoms with Crippen LogP contribution in [-0.4, -0.2) is 15.6 Å². The monoisotopic (exact) mass is 181 g/mol. The van der Waals surface area contributed by atoms with Gasteiger partial charge in [-0.05, 0) is 25.0 Å². The number of pyridine rings is 1. The minimum atomic E-state index is -1.01. The summed E-state index contributed by atoms with van der Waals surface area (Å²) in [4.78, 5) is 21.6. The highest BCUT2D eigenvalue weighted by molar-refractivity contribution is 5.66. The molecule has 0 radical (unpaired) electrons. The fourth-order valence-corrected chi connectivity index (χ4v) is 1.05. The Morgan fingerprint density at radius 2 is 2.08 bits per heavy atom. The smallest absolute Gasteiger partial charge is 0.323 e. The number of aliphatic carboxylic acids is 1. The Morgan fingerprint density at radius 3 is 2.62 bits per heavy atom. The predicted octanol–water partition coefficient (Wildman–Crippen LogP) is 0.550. The molecule has 0 atom stereocenters. The molecule has 0 fully saturated rings. The summed E-state index contributed by atoms with van der Waals surface area (Å²) in [5, 5.41) is 8.49. The van der Waals surface area contributed by atoms with Crippen molar-refractivity contribution >= 4 is 5.97 Å². The molecule has 0 saturated carbocycles. The summed E-state index contributed by atoms with van der Waals surface area (Å²) in [6, 6.07) is 1.44. The second kappa shape index (κ2) is 3.43. The Balaban J connectivity index is 3.16. The van der Waals surface area contributed by atoms with E-state index in [1.54, 1.807) is 6.20 Å². The fourth-order valence-electron chi connectivity index (χ4n) is 1.05. The summed E-state index contributed by atoms with van der Waals surface area (Å²) < 4.78 is 1.19. The van der Waals surface area contributed by atoms with E-state index in [4.69, 9.17) is 5.11 Å². The number of carboxylic acids is 1. The first-order valence-corrected chi connectivity index (χ1v) is 3.90. The molecule has 0 aliphatic rings. The maximum absolute atomic E-state index is 11.2. The summed E-state index contributed by atoms with van der Waals surface area (Å²) >= 11 is 0. The van der Waals surface area contributed by atoms with Crippen molar-refractivity contribution < 1.29 is 9.90 Å². The van der Waals surface area contributed by atoms with E-state index in [0.29, 0.717) is 0 Å². The summed E-state index contributed by atoms with van der Waals surface area (Å²) in [6.07, 6.45) is 1.56. The zero-order valence-corrected chi connectivity index (χ0v) is 7.57. The maximum Gasteiger partial charge on any atom is 0.323 e. The Labute approximate surface area is 75.4 Å². The van der Waals surface area contributed by atoms with Gasteiger partial charge in [0.2, 0.25) is 0 Å². The number of carboxylic acid groups (broad SMARTS) is 1. The van der Waals surface area contributed by atoms with Crippen LogP contribution >= 0.6 is 0 Å². The van der Waals surface area contributed by atoms with Gasteiger partial charge >= 0.3 is 5.97 Å². The average molecular weight is 181 g/mol. The zero-order chi connectivity index (χ0) is 10.0. The highest BCUT2D eigenvalue weighted by Gasteiger charge is 2.03. The van der Waals surface area contributed by atoms with E-state index in [0.717, 1.165) is 11.1 Å². The third-order valence-corrected chi connectivity index (χ3v) is 1.90. The minimum absolute atomic E-state index is 0.273. The lowest BCUT2D eigenvalue weighted by atomic mass is 10.2. The van der Waals surface area contributed by atoms with Gasteiger partial charge in [-0.1, -0.05) is 0 Å². The van der Waals surface area contributed by atoms with Crippen LogP contribution in [0.3, 0.4) is 0 Å². The van der Waals surface area contributed by atoms with Gasteiger partial charge < -0.3 is 9.67 Å². The quantitative estimate of drug-likeness (QED) is 0.724. The van der Waals surface area contributed by atoms with Crippen molar-refractivity contribution in [2.24, 2.45) is 0 Å². The molecule has 1 heterocycles. The third kappa shape index (κ3) is 2.18. The number of carbonyl (C=O) groups is 1. The topological polar surface area (TPSA) is 59.3 Å². The normalized spacial score (nSPS) is 10.0. The van der Waals surface area contributed by atoms with Crippen molar-refractivity contribution in [2.75, 3.05) is 0 Å².